The van der Waals surface area contributed by atoms with E-state index < -0.39 is 0 Å². The second-order valence-corrected chi connectivity index (χ2v) is 5.65. The second-order valence-electron chi connectivity index (χ2n) is 5.24. The van der Waals surface area contributed by atoms with Crippen LogP contribution in [0.2, 0.25) is 0 Å². The highest BCUT2D eigenvalue weighted by molar-refractivity contribution is 7.80. The van der Waals surface area contributed by atoms with Gasteiger partial charge in [0.1, 0.15) is 0 Å². The number of hydrazone groups is 1. The molecule has 144 valence electrons. The number of ether oxygens (including phenoxy) is 4. The molecule has 0 heterocycles. The quantitative estimate of drug-likeness (QED) is 0.407. The predicted octanol–water partition coefficient (Wildman–Crippen LogP) is 3.43. The van der Waals surface area contributed by atoms with Crippen LogP contribution in [0, 0.1) is 0 Å². The van der Waals surface area contributed by atoms with E-state index >= 15 is 0 Å². The van der Waals surface area contributed by atoms with E-state index in [1.807, 2.05) is 31.2 Å². The zero-order valence-electron chi connectivity index (χ0n) is 15.7. The maximum absolute atomic E-state index is 5.49. The third kappa shape index (κ3) is 5.75. The lowest BCUT2D eigenvalue weighted by molar-refractivity contribution is 0.311. The Labute approximate surface area is 164 Å². The molecule has 2 rings (SSSR count). The van der Waals surface area contributed by atoms with E-state index in [1.54, 1.807) is 39.7 Å². The molecule has 0 spiro atoms. The van der Waals surface area contributed by atoms with Crippen molar-refractivity contribution in [2.75, 3.05) is 33.3 Å². The van der Waals surface area contributed by atoms with Crippen molar-refractivity contribution >= 4 is 29.2 Å². The SMILES string of the molecule is CCOc1ccc(/C=N\NC(=S)Nc2ccc(OC)c(OC)c2)cc1OC. The molecule has 0 bridgehead atoms. The van der Waals surface area contributed by atoms with Gasteiger partial charge in [-0.3, -0.25) is 5.43 Å². The molecule has 7 nitrogen and oxygen atoms in total. The predicted molar refractivity (Wildman–Crippen MR) is 111 cm³/mol. The number of rotatable bonds is 8. The molecule has 0 radical (unpaired) electrons. The smallest absolute Gasteiger partial charge is 0.191 e. The van der Waals surface area contributed by atoms with Gasteiger partial charge in [0, 0.05) is 11.8 Å². The minimum atomic E-state index is 0.344. The number of methoxy groups -OCH3 is 3. The highest BCUT2D eigenvalue weighted by atomic mass is 32.1. The zero-order chi connectivity index (χ0) is 19.6. The van der Waals surface area contributed by atoms with Gasteiger partial charge in [-0.2, -0.15) is 5.10 Å². The summed E-state index contributed by atoms with van der Waals surface area (Å²) in [5, 5.41) is 7.51. The molecule has 0 atom stereocenters. The van der Waals surface area contributed by atoms with Crippen molar-refractivity contribution in [2.24, 2.45) is 5.10 Å². The third-order valence-corrected chi connectivity index (χ3v) is 3.70. The van der Waals surface area contributed by atoms with Crippen molar-refractivity contribution in [1.29, 1.82) is 0 Å². The number of nitrogens with zero attached hydrogens (tertiary/aromatic N) is 1. The molecule has 2 aromatic carbocycles. The average Bonchev–Trinajstić information content (AvgIpc) is 2.69. The van der Waals surface area contributed by atoms with Crippen LogP contribution >= 0.6 is 12.2 Å². The lowest BCUT2D eigenvalue weighted by atomic mass is 10.2. The first-order valence-corrected chi connectivity index (χ1v) is 8.65. The molecule has 2 aromatic rings. The Kier molecular flexibility index (Phi) is 7.69. The van der Waals surface area contributed by atoms with E-state index in [0.717, 1.165) is 11.3 Å². The maximum atomic E-state index is 5.49. The normalized spacial score (nSPS) is 10.4. The molecule has 2 N–H and O–H groups in total. The van der Waals surface area contributed by atoms with Crippen molar-refractivity contribution in [3.05, 3.63) is 42.0 Å². The molecular weight excluding hydrogens is 366 g/mol. The zero-order valence-corrected chi connectivity index (χ0v) is 16.6. The first kappa shape index (κ1) is 20.3. The van der Waals surface area contributed by atoms with Crippen LogP contribution in [-0.2, 0) is 0 Å². The lowest BCUT2D eigenvalue weighted by Crippen LogP contribution is -2.23. The molecule has 0 aromatic heterocycles. The van der Waals surface area contributed by atoms with Crippen LogP contribution in [0.5, 0.6) is 23.0 Å². The highest BCUT2D eigenvalue weighted by Crippen LogP contribution is 2.29. The number of nitrogens with one attached hydrogen (secondary N) is 2. The van der Waals surface area contributed by atoms with Crippen molar-refractivity contribution in [1.82, 2.24) is 5.43 Å². The van der Waals surface area contributed by atoms with Crippen LogP contribution in [0.25, 0.3) is 0 Å². The fraction of sp³-hybridized carbons (Fsp3) is 0.263. The molecule has 0 saturated heterocycles. The summed E-state index contributed by atoms with van der Waals surface area (Å²) >= 11 is 5.24. The molecule has 8 heteroatoms. The van der Waals surface area contributed by atoms with Crippen LogP contribution in [-0.4, -0.2) is 39.3 Å². The molecule has 0 amide bonds. The molecule has 0 saturated carbocycles. The van der Waals surface area contributed by atoms with Crippen molar-refractivity contribution in [3.63, 3.8) is 0 Å². The fourth-order valence-electron chi connectivity index (χ4n) is 2.28. The van der Waals surface area contributed by atoms with Crippen molar-refractivity contribution < 1.29 is 18.9 Å². The topological polar surface area (TPSA) is 73.3 Å². The molecule has 0 aliphatic heterocycles. The summed E-state index contributed by atoms with van der Waals surface area (Å²) in [4.78, 5) is 0. The van der Waals surface area contributed by atoms with Crippen LogP contribution < -0.4 is 29.7 Å². The van der Waals surface area contributed by atoms with E-state index in [1.165, 1.54) is 0 Å². The lowest BCUT2D eigenvalue weighted by Gasteiger charge is -2.11. The summed E-state index contributed by atoms with van der Waals surface area (Å²) < 4.78 is 21.3. The summed E-state index contributed by atoms with van der Waals surface area (Å²) in [6.07, 6.45) is 1.64. The Morgan fingerprint density at radius 2 is 1.63 bits per heavy atom. The van der Waals surface area contributed by atoms with Gasteiger partial charge in [-0.25, -0.2) is 0 Å². The van der Waals surface area contributed by atoms with Gasteiger partial charge in [-0.05, 0) is 55.0 Å². The second kappa shape index (κ2) is 10.2. The van der Waals surface area contributed by atoms with Gasteiger partial charge in [-0.1, -0.05) is 0 Å². The fourth-order valence-corrected chi connectivity index (χ4v) is 2.45. The summed E-state index contributed by atoms with van der Waals surface area (Å²) in [6, 6.07) is 11.0. The molecule has 0 aliphatic carbocycles. The first-order valence-electron chi connectivity index (χ1n) is 8.24. The van der Waals surface area contributed by atoms with Gasteiger partial charge in [0.25, 0.3) is 0 Å². The minimum absolute atomic E-state index is 0.344. The Bertz CT molecular complexity index is 812. The molecule has 0 unspecified atom stereocenters. The number of anilines is 1. The number of hydrogen-bond donors (Lipinski definition) is 2. The largest absolute Gasteiger partial charge is 0.493 e. The van der Waals surface area contributed by atoms with E-state index in [0.29, 0.717) is 34.7 Å². The molecule has 27 heavy (non-hydrogen) atoms. The van der Waals surface area contributed by atoms with Gasteiger partial charge in [-0.15, -0.1) is 0 Å². The highest BCUT2D eigenvalue weighted by Gasteiger charge is 2.06. The van der Waals surface area contributed by atoms with Crippen LogP contribution in [0.15, 0.2) is 41.5 Å². The van der Waals surface area contributed by atoms with E-state index in [9.17, 15) is 0 Å². The van der Waals surface area contributed by atoms with Gasteiger partial charge in [0.05, 0.1) is 34.2 Å². The summed E-state index contributed by atoms with van der Waals surface area (Å²) in [5.41, 5.74) is 4.37. The van der Waals surface area contributed by atoms with Crippen LogP contribution in [0.1, 0.15) is 12.5 Å². The van der Waals surface area contributed by atoms with E-state index in [2.05, 4.69) is 15.8 Å². The monoisotopic (exact) mass is 389 g/mol. The Morgan fingerprint density at radius 3 is 2.30 bits per heavy atom. The number of thiocarbonyl (C=S) groups is 1. The Morgan fingerprint density at radius 1 is 0.963 bits per heavy atom. The van der Waals surface area contributed by atoms with Gasteiger partial charge < -0.3 is 24.3 Å². The standard InChI is InChI=1S/C19H23N3O4S/c1-5-26-16-8-6-13(10-17(16)24-3)12-20-22-19(27)21-14-7-9-15(23-2)18(11-14)25-4/h6-12H,5H2,1-4H3,(H2,21,22,27)/b20-12-. The molecule has 0 aliphatic rings. The molecule has 0 fully saturated rings. The Hall–Kier alpha value is -3.00. The summed E-state index contributed by atoms with van der Waals surface area (Å²) in [7, 11) is 4.76. The Balaban J connectivity index is 1.97. The molecular formula is C19H23N3O4S. The van der Waals surface area contributed by atoms with E-state index in [-0.39, 0.29) is 0 Å². The van der Waals surface area contributed by atoms with Crippen molar-refractivity contribution in [3.8, 4) is 23.0 Å². The minimum Gasteiger partial charge on any atom is -0.493 e. The summed E-state index contributed by atoms with van der Waals surface area (Å²) in [6.45, 7) is 2.49. The number of benzene rings is 2. The van der Waals surface area contributed by atoms with Crippen molar-refractivity contribution in [2.45, 2.75) is 6.92 Å². The first-order chi connectivity index (χ1) is 13.1. The average molecular weight is 389 g/mol. The van der Waals surface area contributed by atoms with Gasteiger partial charge in [0.2, 0.25) is 0 Å². The maximum Gasteiger partial charge on any atom is 0.191 e. The van der Waals surface area contributed by atoms with E-state index in [4.69, 9.17) is 31.2 Å². The van der Waals surface area contributed by atoms with Crippen LogP contribution in [0.4, 0.5) is 5.69 Å². The summed E-state index contributed by atoms with van der Waals surface area (Å²) in [5.74, 6) is 2.59. The number of hydrogen-bond acceptors (Lipinski definition) is 6. The van der Waals surface area contributed by atoms with Gasteiger partial charge >= 0.3 is 0 Å². The van der Waals surface area contributed by atoms with Crippen LogP contribution in [0.3, 0.4) is 0 Å². The third-order valence-electron chi connectivity index (χ3n) is 3.51. The van der Waals surface area contributed by atoms with Gasteiger partial charge in [0.15, 0.2) is 28.1 Å².